The van der Waals surface area contributed by atoms with Gasteiger partial charge in [0.05, 0.1) is 0 Å². The summed E-state index contributed by atoms with van der Waals surface area (Å²) >= 11 is 4.71. The van der Waals surface area contributed by atoms with Crippen LogP contribution in [0.5, 0.6) is 11.5 Å². The molecular weight excluding hydrogens is 274 g/mol. The maximum atomic E-state index is 9.94. The Hall–Kier alpha value is -2.60. The van der Waals surface area contributed by atoms with Gasteiger partial charge in [0, 0.05) is 11.1 Å². The van der Waals surface area contributed by atoms with Crippen LogP contribution >= 0.6 is 12.2 Å². The average Bonchev–Trinajstić information content (AvgIpc) is 2.42. The largest absolute Gasteiger partial charge is 0.507 e. The van der Waals surface area contributed by atoms with Crippen molar-refractivity contribution in [3.8, 4) is 11.5 Å². The van der Waals surface area contributed by atoms with Gasteiger partial charge in [-0.2, -0.15) is 5.10 Å². The monoisotopic (exact) mass is 287 g/mol. The van der Waals surface area contributed by atoms with Crippen LogP contribution in [0.4, 0.5) is 0 Å². The molecule has 2 aromatic rings. The van der Waals surface area contributed by atoms with Crippen LogP contribution in [0.1, 0.15) is 11.1 Å². The second-order valence-electron chi connectivity index (χ2n) is 3.97. The number of hydrazone groups is 1. The molecule has 0 aliphatic heterocycles. The molecule has 0 heterocycles. The molecule has 0 aliphatic rings. The zero-order chi connectivity index (χ0) is 14.5. The van der Waals surface area contributed by atoms with Gasteiger partial charge in [0.1, 0.15) is 17.2 Å². The van der Waals surface area contributed by atoms with E-state index in [2.05, 4.69) is 10.5 Å². The second-order valence-corrected chi connectivity index (χ2v) is 4.41. The molecule has 0 atom stereocenters. The highest BCUT2D eigenvalue weighted by Gasteiger charge is 2.14. The molecule has 0 bridgehead atoms. The lowest BCUT2D eigenvalue weighted by atomic mass is 10.0. The summed E-state index contributed by atoms with van der Waals surface area (Å²) in [7, 11) is 0. The van der Waals surface area contributed by atoms with Gasteiger partial charge in [0.25, 0.3) is 0 Å². The van der Waals surface area contributed by atoms with Crippen molar-refractivity contribution in [3.63, 3.8) is 0 Å². The second kappa shape index (κ2) is 6.03. The van der Waals surface area contributed by atoms with Gasteiger partial charge in [-0.05, 0) is 36.5 Å². The van der Waals surface area contributed by atoms with E-state index >= 15 is 0 Å². The molecule has 0 fully saturated rings. The van der Waals surface area contributed by atoms with Crippen molar-refractivity contribution < 1.29 is 10.2 Å². The van der Waals surface area contributed by atoms with Gasteiger partial charge in [-0.3, -0.25) is 5.43 Å². The Bertz CT molecular complexity index is 623. The Morgan fingerprint density at radius 2 is 1.40 bits per heavy atom. The van der Waals surface area contributed by atoms with Crippen molar-refractivity contribution in [2.24, 2.45) is 10.8 Å². The zero-order valence-corrected chi connectivity index (χ0v) is 11.3. The molecule has 20 heavy (non-hydrogen) atoms. The maximum absolute atomic E-state index is 9.94. The smallest absolute Gasteiger partial charge is 0.184 e. The number of hydrogen-bond donors (Lipinski definition) is 4. The van der Waals surface area contributed by atoms with Crippen molar-refractivity contribution in [1.29, 1.82) is 0 Å². The third-order valence-corrected chi connectivity index (χ3v) is 2.69. The number of benzene rings is 2. The van der Waals surface area contributed by atoms with Crippen LogP contribution in [0, 0.1) is 0 Å². The number of phenols is 2. The first kappa shape index (κ1) is 13.8. The van der Waals surface area contributed by atoms with E-state index in [1.807, 2.05) is 0 Å². The van der Waals surface area contributed by atoms with Crippen LogP contribution in [0.2, 0.25) is 0 Å². The number of nitrogens with one attached hydrogen (secondary N) is 1. The summed E-state index contributed by atoms with van der Waals surface area (Å²) in [6, 6.07) is 13.3. The average molecular weight is 287 g/mol. The topological polar surface area (TPSA) is 90.9 Å². The predicted octanol–water partition coefficient (Wildman–Crippen LogP) is 1.68. The Morgan fingerprint density at radius 3 is 1.80 bits per heavy atom. The minimum Gasteiger partial charge on any atom is -0.507 e. The standard InChI is InChI=1S/C14H13N3O2S/c15-14(20)17-16-13(9-5-1-3-7-11(9)18)10-6-2-4-8-12(10)19/h1-8,18-19H,(H3,15,17,20). The third kappa shape index (κ3) is 3.04. The Kier molecular flexibility index (Phi) is 4.17. The molecule has 0 aliphatic carbocycles. The van der Waals surface area contributed by atoms with E-state index in [-0.39, 0.29) is 16.6 Å². The molecule has 2 aromatic carbocycles. The van der Waals surface area contributed by atoms with Crippen LogP contribution < -0.4 is 11.2 Å². The lowest BCUT2D eigenvalue weighted by molar-refractivity contribution is 0.472. The number of thiocarbonyl (C=S) groups is 1. The molecule has 0 saturated carbocycles. The number of para-hydroxylation sites is 2. The molecule has 0 saturated heterocycles. The highest BCUT2D eigenvalue weighted by atomic mass is 32.1. The van der Waals surface area contributed by atoms with Crippen molar-refractivity contribution in [3.05, 3.63) is 59.7 Å². The van der Waals surface area contributed by atoms with Crippen molar-refractivity contribution >= 4 is 23.0 Å². The van der Waals surface area contributed by atoms with Gasteiger partial charge in [-0.25, -0.2) is 0 Å². The van der Waals surface area contributed by atoms with Gasteiger partial charge in [0.15, 0.2) is 5.11 Å². The van der Waals surface area contributed by atoms with Crippen molar-refractivity contribution in [1.82, 2.24) is 5.43 Å². The SMILES string of the molecule is NC(=S)NN=C(c1ccccc1O)c1ccccc1O. The molecule has 0 aromatic heterocycles. The number of rotatable bonds is 3. The number of aromatic hydroxyl groups is 2. The van der Waals surface area contributed by atoms with Crippen LogP contribution in [0.15, 0.2) is 53.6 Å². The number of hydrogen-bond acceptors (Lipinski definition) is 4. The maximum Gasteiger partial charge on any atom is 0.184 e. The molecule has 5 N–H and O–H groups in total. The fourth-order valence-electron chi connectivity index (χ4n) is 1.72. The highest BCUT2D eigenvalue weighted by Crippen LogP contribution is 2.25. The van der Waals surface area contributed by atoms with E-state index in [1.54, 1.807) is 36.4 Å². The summed E-state index contributed by atoms with van der Waals surface area (Å²) in [5.41, 5.74) is 9.09. The molecule has 0 radical (unpaired) electrons. The van der Waals surface area contributed by atoms with E-state index in [0.29, 0.717) is 16.8 Å². The van der Waals surface area contributed by atoms with Crippen LogP contribution in [-0.2, 0) is 0 Å². The fraction of sp³-hybridized carbons (Fsp3) is 0. The minimum absolute atomic E-state index is 0.00616. The molecule has 0 amide bonds. The lowest BCUT2D eigenvalue weighted by Crippen LogP contribution is -2.26. The summed E-state index contributed by atoms with van der Waals surface area (Å²) in [5.74, 6) is 0.0819. The number of phenolic OH excluding ortho intramolecular Hbond substituents is 2. The van der Waals surface area contributed by atoms with E-state index in [1.165, 1.54) is 12.1 Å². The normalized spacial score (nSPS) is 9.80. The van der Waals surface area contributed by atoms with Gasteiger partial charge in [0.2, 0.25) is 0 Å². The Balaban J connectivity index is 2.57. The van der Waals surface area contributed by atoms with E-state index in [9.17, 15) is 10.2 Å². The number of nitrogens with zero attached hydrogens (tertiary/aromatic N) is 1. The van der Waals surface area contributed by atoms with Crippen molar-refractivity contribution in [2.45, 2.75) is 0 Å². The zero-order valence-electron chi connectivity index (χ0n) is 10.4. The molecular formula is C14H13N3O2S. The van der Waals surface area contributed by atoms with Crippen molar-refractivity contribution in [2.75, 3.05) is 0 Å². The quantitative estimate of drug-likeness (QED) is 0.392. The Morgan fingerprint density at radius 1 is 0.950 bits per heavy atom. The first-order chi connectivity index (χ1) is 9.59. The Labute approximate surface area is 121 Å². The van der Waals surface area contributed by atoms with E-state index in [0.717, 1.165) is 0 Å². The van der Waals surface area contributed by atoms with Gasteiger partial charge in [-0.1, -0.05) is 24.3 Å². The van der Waals surface area contributed by atoms with Gasteiger partial charge >= 0.3 is 0 Å². The molecule has 102 valence electrons. The first-order valence-corrected chi connectivity index (χ1v) is 6.20. The van der Waals surface area contributed by atoms with Crippen LogP contribution in [-0.4, -0.2) is 21.0 Å². The lowest BCUT2D eigenvalue weighted by Gasteiger charge is -2.10. The molecule has 0 unspecified atom stereocenters. The number of nitrogens with two attached hydrogens (primary N) is 1. The summed E-state index contributed by atoms with van der Waals surface area (Å²) in [4.78, 5) is 0. The van der Waals surface area contributed by atoms with Gasteiger partial charge in [-0.15, -0.1) is 0 Å². The third-order valence-electron chi connectivity index (χ3n) is 2.60. The molecule has 5 nitrogen and oxygen atoms in total. The minimum atomic E-state index is -0.00616. The molecule has 2 rings (SSSR count). The predicted molar refractivity (Wildman–Crippen MR) is 81.8 cm³/mol. The fourth-order valence-corrected chi connectivity index (χ4v) is 1.77. The summed E-state index contributed by atoms with van der Waals surface area (Å²) in [6.07, 6.45) is 0. The highest BCUT2D eigenvalue weighted by molar-refractivity contribution is 7.80. The van der Waals surface area contributed by atoms with E-state index < -0.39 is 0 Å². The summed E-state index contributed by atoms with van der Waals surface area (Å²) in [5, 5.41) is 23.9. The first-order valence-electron chi connectivity index (χ1n) is 5.79. The summed E-state index contributed by atoms with van der Waals surface area (Å²) in [6.45, 7) is 0. The van der Waals surface area contributed by atoms with Crippen LogP contribution in [0.3, 0.4) is 0 Å². The molecule has 0 spiro atoms. The van der Waals surface area contributed by atoms with Crippen LogP contribution in [0.25, 0.3) is 0 Å². The van der Waals surface area contributed by atoms with E-state index in [4.69, 9.17) is 18.0 Å². The molecule has 6 heteroatoms. The van der Waals surface area contributed by atoms with Gasteiger partial charge < -0.3 is 15.9 Å². The summed E-state index contributed by atoms with van der Waals surface area (Å²) < 4.78 is 0.